The first-order valence-corrected chi connectivity index (χ1v) is 7.30. The molecule has 1 aromatic carbocycles. The number of anilines is 1. The van der Waals surface area contributed by atoms with Gasteiger partial charge < -0.3 is 15.7 Å². The smallest absolute Gasteiger partial charge is 0.0606 e. The van der Waals surface area contributed by atoms with E-state index in [0.717, 1.165) is 35.1 Å². The second-order valence-corrected chi connectivity index (χ2v) is 5.47. The summed E-state index contributed by atoms with van der Waals surface area (Å²) in [6.07, 6.45) is 2.26. The quantitative estimate of drug-likeness (QED) is 0.813. The van der Waals surface area contributed by atoms with Gasteiger partial charge in [0.25, 0.3) is 0 Å². The zero-order valence-electron chi connectivity index (χ0n) is 11.2. The first-order chi connectivity index (χ1) is 8.60. The van der Waals surface area contributed by atoms with E-state index in [2.05, 4.69) is 39.9 Å². The largest absolute Gasteiger partial charge is 0.395 e. The van der Waals surface area contributed by atoms with Crippen molar-refractivity contribution >= 4 is 21.6 Å². The van der Waals surface area contributed by atoms with Crippen LogP contribution in [0.25, 0.3) is 0 Å². The van der Waals surface area contributed by atoms with Gasteiger partial charge in [-0.3, -0.25) is 0 Å². The van der Waals surface area contributed by atoms with Gasteiger partial charge in [-0.05, 0) is 31.0 Å². The maximum Gasteiger partial charge on any atom is 0.0606 e. The highest BCUT2D eigenvalue weighted by Gasteiger charge is 2.13. The lowest BCUT2D eigenvalue weighted by molar-refractivity contribution is 0.301. The maximum absolute atomic E-state index is 9.21. The lowest BCUT2D eigenvalue weighted by atomic mass is 10.1. The van der Waals surface area contributed by atoms with Crippen LogP contribution in [0, 0.1) is 0 Å². The molecule has 3 nitrogen and oxygen atoms in total. The Morgan fingerprint density at radius 1 is 1.39 bits per heavy atom. The Bertz CT molecular complexity index is 369. The molecule has 0 aromatic heterocycles. The van der Waals surface area contributed by atoms with Crippen molar-refractivity contribution in [3.63, 3.8) is 0 Å². The van der Waals surface area contributed by atoms with E-state index in [1.807, 2.05) is 13.0 Å². The van der Waals surface area contributed by atoms with Crippen molar-refractivity contribution < 1.29 is 5.11 Å². The van der Waals surface area contributed by atoms with Gasteiger partial charge in [-0.2, -0.15) is 0 Å². The highest BCUT2D eigenvalue weighted by molar-refractivity contribution is 9.10. The second-order valence-electron chi connectivity index (χ2n) is 4.56. The van der Waals surface area contributed by atoms with E-state index in [1.54, 1.807) is 0 Å². The summed E-state index contributed by atoms with van der Waals surface area (Å²) in [6.45, 7) is 5.92. The topological polar surface area (TPSA) is 49.5 Å². The molecule has 3 N–H and O–H groups in total. The predicted octanol–water partition coefficient (Wildman–Crippen LogP) is 3.07. The number of aliphatic hydroxyl groups excluding tert-OH is 1. The van der Waals surface area contributed by atoms with Crippen LogP contribution in [-0.4, -0.2) is 24.8 Å². The monoisotopic (exact) mass is 314 g/mol. The fourth-order valence-electron chi connectivity index (χ4n) is 2.00. The number of nitrogens with two attached hydrogens (primary N) is 1. The van der Waals surface area contributed by atoms with Crippen LogP contribution in [0.2, 0.25) is 0 Å². The molecule has 0 fully saturated rings. The summed E-state index contributed by atoms with van der Waals surface area (Å²) < 4.78 is 1.04. The fourth-order valence-corrected chi connectivity index (χ4v) is 2.35. The number of hydrogen-bond acceptors (Lipinski definition) is 3. The minimum atomic E-state index is -0.00378. The summed E-state index contributed by atoms with van der Waals surface area (Å²) in [5.74, 6) is 0. The van der Waals surface area contributed by atoms with Gasteiger partial charge in [0.2, 0.25) is 0 Å². The third kappa shape index (κ3) is 4.26. The van der Waals surface area contributed by atoms with Gasteiger partial charge in [-0.25, -0.2) is 0 Å². The number of benzene rings is 1. The molecule has 1 rings (SSSR count). The number of nitrogens with zero attached hydrogens (tertiary/aromatic N) is 1. The summed E-state index contributed by atoms with van der Waals surface area (Å²) in [4.78, 5) is 2.22. The zero-order chi connectivity index (χ0) is 13.5. The molecule has 0 saturated carbocycles. The lowest BCUT2D eigenvalue weighted by Gasteiger charge is -2.27. The maximum atomic E-state index is 9.21. The van der Waals surface area contributed by atoms with Crippen LogP contribution in [0.1, 0.15) is 38.3 Å². The Labute approximate surface area is 118 Å². The van der Waals surface area contributed by atoms with Crippen molar-refractivity contribution in [2.45, 2.75) is 32.7 Å². The van der Waals surface area contributed by atoms with Crippen molar-refractivity contribution in [3.8, 4) is 0 Å². The Morgan fingerprint density at radius 2 is 2.11 bits per heavy atom. The summed E-state index contributed by atoms with van der Waals surface area (Å²) in [5, 5.41) is 9.21. The summed E-state index contributed by atoms with van der Waals surface area (Å²) in [7, 11) is 0. The number of hydrogen-bond donors (Lipinski definition) is 2. The minimum absolute atomic E-state index is 0.00378. The van der Waals surface area contributed by atoms with Gasteiger partial charge in [0, 0.05) is 29.3 Å². The van der Waals surface area contributed by atoms with Gasteiger partial charge in [-0.1, -0.05) is 35.3 Å². The van der Waals surface area contributed by atoms with E-state index >= 15 is 0 Å². The molecule has 1 atom stereocenters. The first kappa shape index (κ1) is 15.5. The highest BCUT2D eigenvalue weighted by atomic mass is 79.9. The number of unbranched alkanes of at least 4 members (excludes halogenated alkanes) is 1. The molecule has 0 aliphatic carbocycles. The first-order valence-electron chi connectivity index (χ1n) is 6.51. The van der Waals surface area contributed by atoms with Crippen LogP contribution in [0.3, 0.4) is 0 Å². The third-order valence-corrected chi connectivity index (χ3v) is 3.47. The molecule has 18 heavy (non-hydrogen) atoms. The summed E-state index contributed by atoms with van der Waals surface area (Å²) >= 11 is 3.50. The highest BCUT2D eigenvalue weighted by Crippen LogP contribution is 2.29. The summed E-state index contributed by atoms with van der Waals surface area (Å²) in [5.41, 5.74) is 8.28. The molecule has 1 aromatic rings. The minimum Gasteiger partial charge on any atom is -0.395 e. The number of halogens is 1. The van der Waals surface area contributed by atoms with Crippen LogP contribution in [-0.2, 0) is 0 Å². The average molecular weight is 315 g/mol. The molecule has 102 valence electrons. The SMILES string of the molecule is CCCCN(CCO)c1cc(Br)ccc1C(C)N. The Hall–Kier alpha value is -0.580. The van der Waals surface area contributed by atoms with E-state index in [1.165, 1.54) is 0 Å². The van der Waals surface area contributed by atoms with Gasteiger partial charge in [0.05, 0.1) is 6.61 Å². The summed E-state index contributed by atoms with van der Waals surface area (Å²) in [6, 6.07) is 6.15. The molecular weight excluding hydrogens is 292 g/mol. The van der Waals surface area contributed by atoms with E-state index in [-0.39, 0.29) is 12.6 Å². The van der Waals surface area contributed by atoms with Crippen molar-refractivity contribution in [1.82, 2.24) is 0 Å². The van der Waals surface area contributed by atoms with Crippen molar-refractivity contribution in [1.29, 1.82) is 0 Å². The van der Waals surface area contributed by atoms with Crippen molar-refractivity contribution in [2.24, 2.45) is 5.73 Å². The zero-order valence-corrected chi connectivity index (χ0v) is 12.8. The van der Waals surface area contributed by atoms with Gasteiger partial charge in [-0.15, -0.1) is 0 Å². The van der Waals surface area contributed by atoms with Gasteiger partial charge in [0.1, 0.15) is 0 Å². The van der Waals surface area contributed by atoms with E-state index in [4.69, 9.17) is 5.73 Å². The van der Waals surface area contributed by atoms with Crippen molar-refractivity contribution in [2.75, 3.05) is 24.6 Å². The number of rotatable bonds is 7. The third-order valence-electron chi connectivity index (χ3n) is 2.98. The van der Waals surface area contributed by atoms with Crippen LogP contribution in [0.4, 0.5) is 5.69 Å². The Morgan fingerprint density at radius 3 is 2.67 bits per heavy atom. The van der Waals surface area contributed by atoms with E-state index < -0.39 is 0 Å². The molecule has 0 radical (unpaired) electrons. The number of aliphatic hydroxyl groups is 1. The fraction of sp³-hybridized carbons (Fsp3) is 0.571. The van der Waals surface area contributed by atoms with Gasteiger partial charge in [0.15, 0.2) is 0 Å². The lowest BCUT2D eigenvalue weighted by Crippen LogP contribution is -2.29. The molecule has 4 heteroatoms. The van der Waals surface area contributed by atoms with Crippen LogP contribution < -0.4 is 10.6 Å². The normalized spacial score (nSPS) is 12.5. The Kier molecular flexibility index (Phi) is 6.68. The van der Waals surface area contributed by atoms with Crippen LogP contribution in [0.5, 0.6) is 0 Å². The van der Waals surface area contributed by atoms with Crippen molar-refractivity contribution in [3.05, 3.63) is 28.2 Å². The predicted molar refractivity (Wildman–Crippen MR) is 81.0 cm³/mol. The van der Waals surface area contributed by atoms with E-state index in [0.29, 0.717) is 6.54 Å². The second kappa shape index (κ2) is 7.77. The van der Waals surface area contributed by atoms with Crippen LogP contribution >= 0.6 is 15.9 Å². The van der Waals surface area contributed by atoms with Crippen LogP contribution in [0.15, 0.2) is 22.7 Å². The molecule has 0 amide bonds. The molecule has 0 aliphatic rings. The standard InChI is InChI=1S/C14H23BrN2O/c1-3-4-7-17(8-9-18)14-10-12(15)5-6-13(14)11(2)16/h5-6,10-11,18H,3-4,7-9,16H2,1-2H3. The molecule has 0 heterocycles. The molecule has 0 saturated heterocycles. The average Bonchev–Trinajstić information content (AvgIpc) is 2.34. The van der Waals surface area contributed by atoms with E-state index in [9.17, 15) is 5.11 Å². The molecule has 0 aliphatic heterocycles. The molecular formula is C14H23BrN2O. The molecule has 0 spiro atoms. The Balaban J connectivity index is 3.03. The van der Waals surface area contributed by atoms with Gasteiger partial charge >= 0.3 is 0 Å². The molecule has 0 bridgehead atoms. The molecule has 1 unspecified atom stereocenters.